The largest absolute Gasteiger partial charge is 0.490 e. The van der Waals surface area contributed by atoms with Crippen LogP contribution in [0.15, 0.2) is 17.0 Å². The maximum atomic E-state index is 12.7. The summed E-state index contributed by atoms with van der Waals surface area (Å²) in [5, 5.41) is -0.550. The van der Waals surface area contributed by atoms with Gasteiger partial charge in [-0.15, -0.1) is 0 Å². The Morgan fingerprint density at radius 2 is 1.79 bits per heavy atom. The summed E-state index contributed by atoms with van der Waals surface area (Å²) >= 11 is 2.77. The topological polar surface area (TPSA) is 108 Å². The molecule has 11 heteroatoms. The molecule has 2 amide bonds. The van der Waals surface area contributed by atoms with E-state index in [-0.39, 0.29) is 18.1 Å². The zero-order valence-electron chi connectivity index (χ0n) is 19.1. The van der Waals surface area contributed by atoms with Crippen molar-refractivity contribution in [3.63, 3.8) is 0 Å². The molecule has 33 heavy (non-hydrogen) atoms. The number of thioether (sulfide) groups is 1. The van der Waals surface area contributed by atoms with E-state index in [9.17, 15) is 19.2 Å². The third-order valence-corrected chi connectivity index (χ3v) is 5.56. The van der Waals surface area contributed by atoms with Gasteiger partial charge in [0.15, 0.2) is 18.1 Å². The summed E-state index contributed by atoms with van der Waals surface area (Å²) in [6, 6.07) is 3.37. The van der Waals surface area contributed by atoms with Gasteiger partial charge in [-0.1, -0.05) is 0 Å². The summed E-state index contributed by atoms with van der Waals surface area (Å²) in [6.07, 6.45) is 1.54. The van der Waals surface area contributed by atoms with Crippen molar-refractivity contribution < 1.29 is 38.1 Å². The first-order chi connectivity index (χ1) is 15.4. The van der Waals surface area contributed by atoms with Gasteiger partial charge in [-0.25, -0.2) is 4.79 Å². The second-order valence-electron chi connectivity index (χ2n) is 7.71. The monoisotopic (exact) mass is 591 g/mol. The van der Waals surface area contributed by atoms with Crippen LogP contribution in [0.25, 0.3) is 6.08 Å². The van der Waals surface area contributed by atoms with E-state index in [0.29, 0.717) is 27.2 Å². The van der Waals surface area contributed by atoms with Gasteiger partial charge in [0, 0.05) is 0 Å². The smallest absolute Gasteiger partial charge is 0.344 e. The molecule has 0 atom stereocenters. The fourth-order valence-corrected chi connectivity index (χ4v) is 4.32. The number of carbonyl (C=O) groups is 4. The molecule has 1 fully saturated rings. The van der Waals surface area contributed by atoms with Crippen molar-refractivity contribution in [1.82, 2.24) is 4.90 Å². The molecule has 1 aliphatic heterocycles. The van der Waals surface area contributed by atoms with Crippen molar-refractivity contribution in [3.05, 3.63) is 26.2 Å². The van der Waals surface area contributed by atoms with E-state index in [0.717, 1.165) is 16.7 Å². The summed E-state index contributed by atoms with van der Waals surface area (Å²) in [6.45, 7) is 8.49. The molecule has 2 rings (SSSR count). The summed E-state index contributed by atoms with van der Waals surface area (Å²) in [7, 11) is 0. The first kappa shape index (κ1) is 27.0. The average Bonchev–Trinajstić information content (AvgIpc) is 2.93. The van der Waals surface area contributed by atoms with E-state index in [1.165, 1.54) is 0 Å². The van der Waals surface area contributed by atoms with Crippen LogP contribution in [0.2, 0.25) is 0 Å². The number of hydrogen-bond acceptors (Lipinski definition) is 9. The van der Waals surface area contributed by atoms with Gasteiger partial charge in [0.05, 0.1) is 21.7 Å². The molecule has 0 spiro atoms. The Kier molecular flexibility index (Phi) is 9.58. The van der Waals surface area contributed by atoms with Crippen LogP contribution in [0.5, 0.6) is 11.5 Å². The van der Waals surface area contributed by atoms with Gasteiger partial charge < -0.3 is 18.9 Å². The van der Waals surface area contributed by atoms with Gasteiger partial charge in [0.1, 0.15) is 12.1 Å². The van der Waals surface area contributed by atoms with E-state index >= 15 is 0 Å². The summed E-state index contributed by atoms with van der Waals surface area (Å²) in [5.41, 5.74) is -0.132. The Hall–Kier alpha value is -2.28. The first-order valence-electron chi connectivity index (χ1n) is 10.2. The quantitative estimate of drug-likeness (QED) is 0.239. The van der Waals surface area contributed by atoms with Gasteiger partial charge in [-0.2, -0.15) is 0 Å². The third kappa shape index (κ3) is 7.91. The molecule has 1 aromatic carbocycles. The molecular weight excluding hydrogens is 565 g/mol. The van der Waals surface area contributed by atoms with E-state index in [4.69, 9.17) is 18.9 Å². The molecule has 0 aliphatic carbocycles. The van der Waals surface area contributed by atoms with Crippen LogP contribution in [0, 0.1) is 3.57 Å². The summed E-state index contributed by atoms with van der Waals surface area (Å²) in [5.74, 6) is -0.985. The molecule has 1 saturated heterocycles. The highest BCUT2D eigenvalue weighted by Gasteiger charge is 2.37. The normalized spacial score (nSPS) is 15.1. The van der Waals surface area contributed by atoms with Crippen molar-refractivity contribution in [2.45, 2.75) is 40.2 Å². The van der Waals surface area contributed by atoms with Crippen LogP contribution in [0.4, 0.5) is 4.79 Å². The first-order valence-corrected chi connectivity index (χ1v) is 12.1. The predicted octanol–water partition coefficient (Wildman–Crippen LogP) is 4.01. The zero-order valence-corrected chi connectivity index (χ0v) is 22.0. The van der Waals surface area contributed by atoms with Crippen LogP contribution >= 0.6 is 34.4 Å². The fourth-order valence-electron chi connectivity index (χ4n) is 2.70. The molecule has 9 nitrogen and oxygen atoms in total. The molecule has 1 aromatic rings. The molecule has 0 saturated carbocycles. The second-order valence-corrected chi connectivity index (χ2v) is 9.87. The standard InChI is InChI=1S/C22H26INO8S/c1-6-29-15-9-13(8-14(23)19(15)31-12-18(26)30-7-2)10-16-20(27)24(21(28)33-16)11-17(25)32-22(3,4)5/h8-10H,6-7,11-12H2,1-5H3. The number of hydrogen-bond donors (Lipinski definition) is 0. The van der Waals surface area contributed by atoms with Gasteiger partial charge in [-0.3, -0.25) is 19.3 Å². The highest BCUT2D eigenvalue weighted by atomic mass is 127. The number of rotatable bonds is 9. The predicted molar refractivity (Wildman–Crippen MR) is 131 cm³/mol. The number of carbonyl (C=O) groups excluding carboxylic acids is 4. The minimum atomic E-state index is -0.724. The zero-order chi connectivity index (χ0) is 24.8. The molecule has 180 valence electrons. The van der Waals surface area contributed by atoms with Crippen LogP contribution in [-0.4, -0.2) is 60.0 Å². The average molecular weight is 591 g/mol. The van der Waals surface area contributed by atoms with E-state index in [1.54, 1.807) is 52.8 Å². The maximum absolute atomic E-state index is 12.7. The molecule has 0 bridgehead atoms. The fraction of sp³-hybridized carbons (Fsp3) is 0.455. The minimum absolute atomic E-state index is 0.169. The number of amides is 2. The molecule has 1 heterocycles. The van der Waals surface area contributed by atoms with Crippen molar-refractivity contribution in [2.24, 2.45) is 0 Å². The Labute approximate surface area is 210 Å². The van der Waals surface area contributed by atoms with Crippen molar-refractivity contribution >= 4 is 63.5 Å². The highest BCUT2D eigenvalue weighted by molar-refractivity contribution is 14.1. The molecule has 0 aromatic heterocycles. The Bertz CT molecular complexity index is 970. The maximum Gasteiger partial charge on any atom is 0.344 e. The van der Waals surface area contributed by atoms with E-state index in [1.807, 2.05) is 22.6 Å². The number of imide groups is 1. The van der Waals surface area contributed by atoms with Gasteiger partial charge in [-0.05, 0) is 92.7 Å². The van der Waals surface area contributed by atoms with Gasteiger partial charge >= 0.3 is 11.9 Å². The Morgan fingerprint density at radius 3 is 2.39 bits per heavy atom. The Balaban J connectivity index is 2.23. The summed E-state index contributed by atoms with van der Waals surface area (Å²) in [4.78, 5) is 49.7. The molecule has 1 aliphatic rings. The lowest BCUT2D eigenvalue weighted by Gasteiger charge is -2.21. The molecule has 0 radical (unpaired) electrons. The second kappa shape index (κ2) is 11.7. The van der Waals surface area contributed by atoms with Crippen molar-refractivity contribution in [1.29, 1.82) is 0 Å². The lowest BCUT2D eigenvalue weighted by atomic mass is 10.2. The van der Waals surface area contributed by atoms with Crippen LogP contribution < -0.4 is 9.47 Å². The molecular formula is C22H26INO8S. The van der Waals surface area contributed by atoms with E-state index in [2.05, 4.69) is 0 Å². The number of esters is 2. The van der Waals surface area contributed by atoms with Gasteiger partial charge in [0.2, 0.25) is 0 Å². The molecule has 0 unspecified atom stereocenters. The van der Waals surface area contributed by atoms with Crippen LogP contribution in [-0.2, 0) is 23.9 Å². The SMILES string of the molecule is CCOC(=O)COc1c(I)cc(C=C2SC(=O)N(CC(=O)OC(C)(C)C)C2=O)cc1OCC. The third-order valence-electron chi connectivity index (χ3n) is 3.85. The van der Waals surface area contributed by atoms with Gasteiger partial charge in [0.25, 0.3) is 11.1 Å². The molecule has 0 N–H and O–H groups in total. The van der Waals surface area contributed by atoms with Crippen molar-refractivity contribution in [2.75, 3.05) is 26.4 Å². The lowest BCUT2D eigenvalue weighted by Crippen LogP contribution is -2.37. The minimum Gasteiger partial charge on any atom is -0.490 e. The van der Waals surface area contributed by atoms with Crippen molar-refractivity contribution in [3.8, 4) is 11.5 Å². The summed E-state index contributed by atoms with van der Waals surface area (Å²) < 4.78 is 21.9. The van der Waals surface area contributed by atoms with Crippen LogP contribution in [0.3, 0.4) is 0 Å². The highest BCUT2D eigenvalue weighted by Crippen LogP contribution is 2.37. The number of benzene rings is 1. The van der Waals surface area contributed by atoms with E-state index < -0.39 is 35.2 Å². The number of nitrogens with zero attached hydrogens (tertiary/aromatic N) is 1. The number of halogens is 1. The van der Waals surface area contributed by atoms with Crippen LogP contribution in [0.1, 0.15) is 40.2 Å². The number of ether oxygens (including phenoxy) is 4. The Morgan fingerprint density at radius 1 is 1.09 bits per heavy atom. The lowest BCUT2D eigenvalue weighted by molar-refractivity contribution is -0.156.